The maximum Gasteiger partial charge on any atom is 0.336 e. The van der Waals surface area contributed by atoms with Crippen molar-refractivity contribution in [3.8, 4) is 11.5 Å². The number of hydrogen-bond donors (Lipinski definition) is 2. The summed E-state index contributed by atoms with van der Waals surface area (Å²) in [5, 5.41) is 13.0. The molecule has 1 atom stereocenters. The second-order valence-corrected chi connectivity index (χ2v) is 9.13. The monoisotopic (exact) mass is 481 g/mol. The van der Waals surface area contributed by atoms with E-state index in [0.717, 1.165) is 10.6 Å². The van der Waals surface area contributed by atoms with Crippen LogP contribution >= 0.6 is 0 Å². The van der Waals surface area contributed by atoms with Crippen molar-refractivity contribution in [1.82, 2.24) is 5.43 Å². The fourth-order valence-electron chi connectivity index (χ4n) is 3.16. The van der Waals surface area contributed by atoms with Crippen molar-refractivity contribution in [2.24, 2.45) is 5.10 Å². The molecule has 1 amide bonds. The highest BCUT2D eigenvalue weighted by atomic mass is 32.2. The van der Waals surface area contributed by atoms with E-state index in [1.54, 1.807) is 36.4 Å². The first-order valence-corrected chi connectivity index (χ1v) is 12.0. The molecule has 0 aliphatic rings. The number of sulfonamides is 1. The summed E-state index contributed by atoms with van der Waals surface area (Å²) in [5.74, 6) is -0.698. The second kappa shape index (κ2) is 10.6. The smallest absolute Gasteiger partial charge is 0.336 e. The number of amides is 1. The molecule has 0 aliphatic heterocycles. The normalized spacial score (nSPS) is 12.2. The van der Waals surface area contributed by atoms with E-state index in [1.165, 1.54) is 37.4 Å². The van der Waals surface area contributed by atoms with Gasteiger partial charge in [0.25, 0.3) is 5.91 Å². The summed E-state index contributed by atoms with van der Waals surface area (Å²) >= 11 is 0. The van der Waals surface area contributed by atoms with Gasteiger partial charge in [0.15, 0.2) is 0 Å². The Kier molecular flexibility index (Phi) is 7.64. The molecule has 3 rings (SSSR count). The average Bonchev–Trinajstić information content (AvgIpc) is 2.80. The van der Waals surface area contributed by atoms with Crippen LogP contribution in [0.2, 0.25) is 0 Å². The third-order valence-corrected chi connectivity index (χ3v) is 5.97. The molecule has 0 saturated carbocycles. The van der Waals surface area contributed by atoms with E-state index in [2.05, 4.69) is 10.5 Å². The number of aromatic carboxylic acids is 1. The predicted octanol–water partition coefficient (Wildman–Crippen LogP) is 3.48. The van der Waals surface area contributed by atoms with Crippen LogP contribution in [0.25, 0.3) is 0 Å². The van der Waals surface area contributed by atoms with Gasteiger partial charge >= 0.3 is 5.97 Å². The molecule has 34 heavy (non-hydrogen) atoms. The fraction of sp³-hybridized carbons (Fsp3) is 0.125. The number of nitrogens with zero attached hydrogens (tertiary/aromatic N) is 2. The van der Waals surface area contributed by atoms with Gasteiger partial charge in [-0.25, -0.2) is 18.6 Å². The number of hydrazone groups is 1. The van der Waals surface area contributed by atoms with Crippen LogP contribution in [0.3, 0.4) is 0 Å². The van der Waals surface area contributed by atoms with Crippen molar-refractivity contribution in [3.63, 3.8) is 0 Å². The molecule has 176 valence electrons. The van der Waals surface area contributed by atoms with Crippen molar-refractivity contribution >= 4 is 33.8 Å². The minimum atomic E-state index is -3.83. The SMILES string of the molecule is C[C@@H](C(=O)N/N=C\c1ccccc1C(=O)O)N(c1ccc(Oc2ccccc2)cc1)S(C)(=O)=O. The number of rotatable bonds is 9. The zero-order valence-corrected chi connectivity index (χ0v) is 19.3. The fourth-order valence-corrected chi connectivity index (χ4v) is 4.33. The van der Waals surface area contributed by atoms with Crippen LogP contribution in [0.1, 0.15) is 22.8 Å². The number of hydrogen-bond acceptors (Lipinski definition) is 6. The van der Waals surface area contributed by atoms with Crippen LogP contribution in [-0.4, -0.2) is 43.9 Å². The Morgan fingerprint density at radius 3 is 2.18 bits per heavy atom. The molecule has 0 unspecified atom stereocenters. The molecule has 0 heterocycles. The summed E-state index contributed by atoms with van der Waals surface area (Å²) in [5.41, 5.74) is 2.85. The molecule has 3 aromatic rings. The number of anilines is 1. The lowest BCUT2D eigenvalue weighted by molar-refractivity contribution is -0.121. The Morgan fingerprint density at radius 2 is 1.56 bits per heavy atom. The molecule has 0 radical (unpaired) electrons. The molecule has 0 saturated heterocycles. The molecule has 0 bridgehead atoms. The quantitative estimate of drug-likeness (QED) is 0.356. The summed E-state index contributed by atoms with van der Waals surface area (Å²) in [6.45, 7) is 1.42. The van der Waals surface area contributed by atoms with Gasteiger partial charge in [-0.15, -0.1) is 0 Å². The maximum atomic E-state index is 12.6. The first-order valence-electron chi connectivity index (χ1n) is 10.1. The lowest BCUT2D eigenvalue weighted by Crippen LogP contribution is -2.46. The van der Waals surface area contributed by atoms with E-state index in [0.29, 0.717) is 11.5 Å². The Hall–Kier alpha value is -4.18. The molecule has 0 aliphatic carbocycles. The first-order chi connectivity index (χ1) is 16.2. The van der Waals surface area contributed by atoms with Gasteiger partial charge < -0.3 is 9.84 Å². The largest absolute Gasteiger partial charge is 0.478 e. The number of carboxylic acids is 1. The van der Waals surface area contributed by atoms with E-state index in [4.69, 9.17) is 4.74 Å². The van der Waals surface area contributed by atoms with E-state index < -0.39 is 27.9 Å². The molecule has 0 aromatic heterocycles. The maximum absolute atomic E-state index is 12.6. The number of carbonyl (C=O) groups is 2. The summed E-state index contributed by atoms with van der Waals surface area (Å²) < 4.78 is 31.6. The standard InChI is InChI=1S/C24H23N3O6S/c1-17(23(28)26-25-16-18-8-6-7-11-22(18)24(29)30)27(34(2,31)32)19-12-14-21(15-13-19)33-20-9-4-3-5-10-20/h3-17H,1-2H3,(H,26,28)(H,29,30)/b25-16-/t17-/m0/s1. The molecule has 9 nitrogen and oxygen atoms in total. The van der Waals surface area contributed by atoms with Crippen LogP contribution in [0.4, 0.5) is 5.69 Å². The zero-order chi connectivity index (χ0) is 24.7. The van der Waals surface area contributed by atoms with Gasteiger partial charge in [0, 0.05) is 5.56 Å². The van der Waals surface area contributed by atoms with Crippen LogP contribution in [0, 0.1) is 0 Å². The third kappa shape index (κ3) is 6.20. The highest BCUT2D eigenvalue weighted by molar-refractivity contribution is 7.92. The number of nitrogens with one attached hydrogen (secondary N) is 1. The van der Waals surface area contributed by atoms with Crippen LogP contribution in [-0.2, 0) is 14.8 Å². The molecule has 10 heteroatoms. The molecular weight excluding hydrogens is 458 g/mol. The van der Waals surface area contributed by atoms with Crippen molar-refractivity contribution in [3.05, 3.63) is 90.0 Å². The summed E-state index contributed by atoms with van der Waals surface area (Å²) in [7, 11) is -3.83. The number of para-hydroxylation sites is 1. The van der Waals surface area contributed by atoms with Gasteiger partial charge in [-0.1, -0.05) is 36.4 Å². The Balaban J connectivity index is 1.75. The first kappa shape index (κ1) is 24.5. The van der Waals surface area contributed by atoms with Crippen LogP contribution < -0.4 is 14.5 Å². The Labute approximate surface area is 197 Å². The third-order valence-electron chi connectivity index (χ3n) is 4.73. The summed E-state index contributed by atoms with van der Waals surface area (Å²) in [6.07, 6.45) is 2.19. The molecule has 3 aromatic carbocycles. The minimum absolute atomic E-state index is 0.0177. The predicted molar refractivity (Wildman–Crippen MR) is 129 cm³/mol. The van der Waals surface area contributed by atoms with E-state index in [1.807, 2.05) is 18.2 Å². The number of ether oxygens (including phenoxy) is 1. The topological polar surface area (TPSA) is 125 Å². The van der Waals surface area contributed by atoms with Gasteiger partial charge in [-0.05, 0) is 49.4 Å². The number of carboxylic acid groups (broad SMARTS) is 1. The molecule has 2 N–H and O–H groups in total. The molecular formula is C24H23N3O6S. The molecule has 0 fully saturated rings. The highest BCUT2D eigenvalue weighted by Gasteiger charge is 2.29. The summed E-state index contributed by atoms with van der Waals surface area (Å²) in [6, 6.07) is 20.4. The number of carbonyl (C=O) groups excluding carboxylic acids is 1. The average molecular weight is 482 g/mol. The molecule has 0 spiro atoms. The van der Waals surface area contributed by atoms with Gasteiger partial charge in [0.2, 0.25) is 10.0 Å². The lowest BCUT2D eigenvalue weighted by atomic mass is 10.1. The summed E-state index contributed by atoms with van der Waals surface area (Å²) in [4.78, 5) is 23.9. The highest BCUT2D eigenvalue weighted by Crippen LogP contribution is 2.26. The lowest BCUT2D eigenvalue weighted by Gasteiger charge is -2.27. The Morgan fingerprint density at radius 1 is 0.971 bits per heavy atom. The number of benzene rings is 3. The van der Waals surface area contributed by atoms with Crippen LogP contribution in [0.15, 0.2) is 84.0 Å². The van der Waals surface area contributed by atoms with Gasteiger partial charge in [0.1, 0.15) is 17.5 Å². The van der Waals surface area contributed by atoms with Crippen molar-refractivity contribution < 1.29 is 27.9 Å². The Bertz CT molecular complexity index is 1290. The van der Waals surface area contributed by atoms with Gasteiger partial charge in [-0.3, -0.25) is 9.10 Å². The van der Waals surface area contributed by atoms with Gasteiger partial charge in [-0.2, -0.15) is 5.10 Å². The van der Waals surface area contributed by atoms with E-state index >= 15 is 0 Å². The van der Waals surface area contributed by atoms with Crippen molar-refractivity contribution in [2.75, 3.05) is 10.6 Å². The van der Waals surface area contributed by atoms with E-state index in [9.17, 15) is 23.1 Å². The minimum Gasteiger partial charge on any atom is -0.478 e. The zero-order valence-electron chi connectivity index (χ0n) is 18.5. The second-order valence-electron chi connectivity index (χ2n) is 7.27. The van der Waals surface area contributed by atoms with Crippen molar-refractivity contribution in [2.45, 2.75) is 13.0 Å². The van der Waals surface area contributed by atoms with E-state index in [-0.39, 0.29) is 16.8 Å². The van der Waals surface area contributed by atoms with Gasteiger partial charge in [0.05, 0.1) is 23.7 Å². The van der Waals surface area contributed by atoms with Crippen LogP contribution in [0.5, 0.6) is 11.5 Å². The van der Waals surface area contributed by atoms with Crippen molar-refractivity contribution in [1.29, 1.82) is 0 Å².